The van der Waals surface area contributed by atoms with Crippen molar-refractivity contribution in [1.82, 2.24) is 0 Å². The number of rotatable bonds is 20. The van der Waals surface area contributed by atoms with Gasteiger partial charge in [-0.1, -0.05) is 57.9 Å². The summed E-state index contributed by atoms with van der Waals surface area (Å²) >= 11 is 0. The van der Waals surface area contributed by atoms with Gasteiger partial charge in [-0.15, -0.1) is 0 Å². The van der Waals surface area contributed by atoms with Gasteiger partial charge in [0, 0.05) is 20.5 Å². The maximum atomic E-state index is 12.6. The van der Waals surface area contributed by atoms with Crippen LogP contribution in [0.2, 0.25) is 0 Å². The predicted molar refractivity (Wildman–Crippen MR) is 310 cm³/mol. The fourth-order valence-corrected chi connectivity index (χ4v) is 17.7. The van der Waals surface area contributed by atoms with E-state index in [1.807, 2.05) is 26.8 Å². The number of ether oxygens (including phenoxy) is 12. The summed E-state index contributed by atoms with van der Waals surface area (Å²) in [5, 5.41) is 135. The summed E-state index contributed by atoms with van der Waals surface area (Å²) in [6, 6.07) is 0. The van der Waals surface area contributed by atoms with Crippen LogP contribution in [0.25, 0.3) is 0 Å². The molecule has 29 nitrogen and oxygen atoms in total. The van der Waals surface area contributed by atoms with Gasteiger partial charge in [-0.05, 0) is 112 Å². The normalized spacial score (nSPS) is 48.6. The largest absolute Gasteiger partial charge is 0.459 e. The number of aliphatic hydroxyl groups excluding tert-OH is 11. The van der Waals surface area contributed by atoms with Crippen LogP contribution >= 0.6 is 0 Å². The number of methoxy groups -OCH3 is 1. The average Bonchev–Trinajstić information content (AvgIpc) is 1.65. The Bertz CT molecular complexity index is 2660. The monoisotopic (exact) mass is 1330 g/mol. The SMILES string of the molecule is CO[C@@H]1[C@@H](O)[C@H](O[C@@H]2[C@@H](O)[C@H](O[C@H]3[C@H](O)[C@@H](O[C@@H]4OC[C@@H](O)[C@H](O)[C@H]4O)[C@H](O[C@H]4[C@H](O[C@H]5CC[C@]6(C)[C@H]7CC[C@]8(C)[C@@H]([C@@](C)(O)[C@@H](CC=C(C)C)OC(C)=O)CC[C@@]8(C)C7=CC[C@H]6C5(C)C)OC[C@@H](OS(=O)(=O)O)[C@@H]4O)O[C@@H]3C)O[C@H](CO)[C@H]2O)O[C@H](CO)[C@H]1O. The summed E-state index contributed by atoms with van der Waals surface area (Å²) in [7, 11) is -4.09. The van der Waals surface area contributed by atoms with Gasteiger partial charge in [0.1, 0.15) is 115 Å². The molecule has 13 N–H and O–H groups in total. The van der Waals surface area contributed by atoms with Crippen molar-refractivity contribution < 1.29 is 140 Å². The first kappa shape index (κ1) is 73.2. The first-order valence-corrected chi connectivity index (χ1v) is 33.1. The molecule has 4 aliphatic carbocycles. The fourth-order valence-electron chi connectivity index (χ4n) is 17.2. The maximum absolute atomic E-state index is 12.6. The molecule has 0 radical (unpaired) electrons. The first-order chi connectivity index (χ1) is 42.5. The quantitative estimate of drug-likeness (QED) is 0.0391. The van der Waals surface area contributed by atoms with Crippen LogP contribution in [0.1, 0.15) is 121 Å². The molecule has 5 heterocycles. The minimum atomic E-state index is -5.26. The molecule has 0 aromatic rings. The molecule has 91 heavy (non-hydrogen) atoms. The van der Waals surface area contributed by atoms with E-state index in [0.717, 1.165) is 31.3 Å². The second-order valence-electron chi connectivity index (χ2n) is 28.4. The van der Waals surface area contributed by atoms with Gasteiger partial charge in [0.25, 0.3) is 0 Å². The van der Waals surface area contributed by atoms with Crippen LogP contribution in [-0.2, 0) is 76.2 Å². The Morgan fingerprint density at radius 3 is 1.87 bits per heavy atom. The lowest BCUT2D eigenvalue weighted by molar-refractivity contribution is -0.403. The van der Waals surface area contributed by atoms with E-state index in [4.69, 9.17) is 61.0 Å². The molecule has 5 aliphatic heterocycles. The van der Waals surface area contributed by atoms with E-state index >= 15 is 0 Å². The number of hydrogen-bond donors (Lipinski definition) is 13. The summed E-state index contributed by atoms with van der Waals surface area (Å²) in [5.74, 6) is -0.490. The highest BCUT2D eigenvalue weighted by Crippen LogP contribution is 2.74. The molecule has 32 atom stereocenters. The predicted octanol–water partition coefficient (Wildman–Crippen LogP) is -1.10. The Hall–Kier alpha value is -2.10. The van der Waals surface area contributed by atoms with Crippen molar-refractivity contribution in [2.45, 2.75) is 280 Å². The van der Waals surface area contributed by atoms with Crippen LogP contribution in [0.15, 0.2) is 23.3 Å². The maximum Gasteiger partial charge on any atom is 0.397 e. The summed E-state index contributed by atoms with van der Waals surface area (Å²) in [5.41, 5.74) is -0.479. The third-order valence-electron chi connectivity index (χ3n) is 22.4. The Morgan fingerprint density at radius 2 is 1.26 bits per heavy atom. The van der Waals surface area contributed by atoms with Crippen molar-refractivity contribution in [3.63, 3.8) is 0 Å². The molecule has 5 saturated heterocycles. The molecule has 9 rings (SSSR count). The standard InChI is InChI=1S/C61H100O29S/c1-26(2)12-15-38(82-28(4)64)61(10,74)36-17-21-59(8)30-13-14-35-57(5,6)37(18-19-58(35,7)29(30)16-20-60(36,59)9)85-55-50(42(69)34(25-80-55)90-91(75,76)77)89-56-51(88-52-43(70)39(66)31(65)24-79-52)44(71)47(27(3)81-56)86-54-46(73)49(41(68)33(23-63)84-54)87-53-45(72)48(78-11)40(67)32(22-62)83-53/h12-13,27,29,31-56,62-63,65-74H,14-25H2,1-11H3,(H,75,76,77)/t27-,29+,31-,32-,33-,34-,35+,36+,37+,38-,39+,40-,41-,42+,43-,44+,45-,46-,47-,48+,49+,50-,51-,52+,53+,54+,55+,56+,58-,59+,60-,61-/m1/s1. The van der Waals surface area contributed by atoms with Gasteiger partial charge in [-0.2, -0.15) is 8.42 Å². The summed E-state index contributed by atoms with van der Waals surface area (Å²) < 4.78 is 112. The van der Waals surface area contributed by atoms with E-state index in [-0.39, 0.29) is 34.0 Å². The van der Waals surface area contributed by atoms with Gasteiger partial charge in [0.05, 0.1) is 38.6 Å². The Kier molecular flexibility index (Phi) is 22.5. The lowest BCUT2D eigenvalue weighted by Gasteiger charge is -2.65. The number of aliphatic hydroxyl groups is 12. The third kappa shape index (κ3) is 13.9. The van der Waals surface area contributed by atoms with Crippen LogP contribution in [-0.4, -0.2) is 273 Å². The van der Waals surface area contributed by atoms with Crippen LogP contribution in [0.4, 0.5) is 0 Å². The van der Waals surface area contributed by atoms with Gasteiger partial charge in [0.2, 0.25) is 0 Å². The minimum Gasteiger partial charge on any atom is -0.459 e. The molecule has 3 saturated carbocycles. The zero-order valence-corrected chi connectivity index (χ0v) is 54.4. The molecule has 0 aromatic carbocycles. The second-order valence-corrected chi connectivity index (χ2v) is 29.5. The molecule has 9 aliphatic rings. The number of fused-ring (bicyclic) bond motifs is 5. The lowest BCUT2D eigenvalue weighted by atomic mass is 9.40. The smallest absolute Gasteiger partial charge is 0.397 e. The van der Waals surface area contributed by atoms with E-state index in [1.54, 1.807) is 0 Å². The van der Waals surface area contributed by atoms with Crippen molar-refractivity contribution in [3.05, 3.63) is 23.3 Å². The van der Waals surface area contributed by atoms with Crippen LogP contribution in [0.5, 0.6) is 0 Å². The first-order valence-electron chi connectivity index (χ1n) is 31.7. The summed E-state index contributed by atoms with van der Waals surface area (Å²) in [4.78, 5) is 12.5. The van der Waals surface area contributed by atoms with E-state index in [0.29, 0.717) is 25.7 Å². The number of esters is 1. The molecule has 0 unspecified atom stereocenters. The highest BCUT2D eigenvalue weighted by atomic mass is 32.3. The lowest BCUT2D eigenvalue weighted by Crippen LogP contribution is -2.68. The van der Waals surface area contributed by atoms with E-state index in [2.05, 4.69) is 40.7 Å². The van der Waals surface area contributed by atoms with Gasteiger partial charge in [0.15, 0.2) is 31.5 Å². The van der Waals surface area contributed by atoms with Gasteiger partial charge >= 0.3 is 16.4 Å². The third-order valence-corrected chi connectivity index (χ3v) is 22.9. The molecule has 30 heteroatoms. The summed E-state index contributed by atoms with van der Waals surface area (Å²) in [6.07, 6.45) is -32.2. The molecule has 8 fully saturated rings. The topological polar surface area (TPSA) is 434 Å². The van der Waals surface area contributed by atoms with Gasteiger partial charge < -0.3 is 118 Å². The van der Waals surface area contributed by atoms with Crippen LogP contribution < -0.4 is 0 Å². The minimum absolute atomic E-state index is 0.00266. The number of carbonyl (C=O) groups is 1. The van der Waals surface area contributed by atoms with Crippen LogP contribution in [0.3, 0.4) is 0 Å². The van der Waals surface area contributed by atoms with E-state index in [1.165, 1.54) is 26.5 Å². The Labute approximate surface area is 530 Å². The zero-order chi connectivity index (χ0) is 67.0. The van der Waals surface area contributed by atoms with Crippen molar-refractivity contribution in [3.8, 4) is 0 Å². The molecule has 0 amide bonds. The van der Waals surface area contributed by atoms with Crippen molar-refractivity contribution >= 4 is 16.4 Å². The Morgan fingerprint density at radius 1 is 0.681 bits per heavy atom. The van der Waals surface area contributed by atoms with Crippen LogP contribution in [0, 0.1) is 39.4 Å². The molecule has 0 aromatic heterocycles. The molecular formula is C61H100O29S. The second kappa shape index (κ2) is 28.0. The molecular weight excluding hydrogens is 1230 g/mol. The zero-order valence-electron chi connectivity index (χ0n) is 53.6. The van der Waals surface area contributed by atoms with Gasteiger partial charge in [-0.25, -0.2) is 4.18 Å². The molecule has 524 valence electrons. The average molecular weight is 1330 g/mol. The number of allylic oxidation sites excluding steroid dienone is 3. The van der Waals surface area contributed by atoms with E-state index < -0.39 is 207 Å². The van der Waals surface area contributed by atoms with Crippen molar-refractivity contribution in [2.75, 3.05) is 33.5 Å². The van der Waals surface area contributed by atoms with Crippen molar-refractivity contribution in [1.29, 1.82) is 0 Å². The highest BCUT2D eigenvalue weighted by Gasteiger charge is 2.69. The van der Waals surface area contributed by atoms with Crippen molar-refractivity contribution in [2.24, 2.45) is 39.4 Å². The fraction of sp³-hybridized carbons (Fsp3) is 0.918. The van der Waals surface area contributed by atoms with Gasteiger partial charge in [-0.3, -0.25) is 9.35 Å². The molecule has 0 spiro atoms. The molecule has 0 bridgehead atoms. The Balaban J connectivity index is 0.972. The number of carbonyl (C=O) groups excluding carboxylic acids is 1. The highest BCUT2D eigenvalue weighted by molar-refractivity contribution is 7.80. The van der Waals surface area contributed by atoms with E-state index in [9.17, 15) is 79.0 Å². The number of hydrogen-bond acceptors (Lipinski definition) is 28. The summed E-state index contributed by atoms with van der Waals surface area (Å²) in [6.45, 7) is 16.7.